The van der Waals surface area contributed by atoms with Crippen LogP contribution in [0.5, 0.6) is 0 Å². The van der Waals surface area contributed by atoms with Crippen LogP contribution in [0.2, 0.25) is 0 Å². The number of benzene rings is 4. The van der Waals surface area contributed by atoms with E-state index in [9.17, 15) is 48.6 Å². The first-order valence-electron chi connectivity index (χ1n) is 27.7. The van der Waals surface area contributed by atoms with Gasteiger partial charge in [-0.2, -0.15) is 0 Å². The summed E-state index contributed by atoms with van der Waals surface area (Å²) in [5.41, 5.74) is 5.16. The van der Waals surface area contributed by atoms with Crippen molar-refractivity contribution in [1.29, 1.82) is 0 Å². The minimum atomic E-state index is -1.07. The van der Waals surface area contributed by atoms with Crippen LogP contribution in [0.15, 0.2) is 109 Å². The molecule has 78 heavy (non-hydrogen) atoms. The second kappa shape index (κ2) is 27.7. The molecule has 8 N–H and O–H groups in total. The quantitative estimate of drug-likeness (QED) is 0.0468. The molecule has 0 unspecified atom stereocenters. The van der Waals surface area contributed by atoms with Crippen LogP contribution in [0, 0.1) is 0 Å². The molecule has 0 bridgehead atoms. The maximum absolute atomic E-state index is 14.1. The number of nitrogens with zero attached hydrogens (tertiary/aromatic N) is 2. The molecule has 4 fully saturated rings. The molecule has 0 spiro atoms. The maximum atomic E-state index is 14.1. The van der Waals surface area contributed by atoms with Crippen molar-refractivity contribution in [1.82, 2.24) is 41.7 Å². The van der Waals surface area contributed by atoms with Crippen LogP contribution < -0.4 is 31.9 Å². The molecule has 0 aliphatic carbocycles. The molecule has 6 amide bonds. The lowest BCUT2D eigenvalue weighted by atomic mass is 9.95. The number of hydrogen-bond acceptors (Lipinski definition) is 10. The standard InChI is InChI=1S/C60H74N8O10/c69-53(35-45(31-39-12-3-1-4-13-39)65-57(74)49-18-8-26-61-49)63-47(37-55(71)67-28-11-21-52(67)60(77)78)34-42-16-7-17-44(30-42)43-24-22-41(23-25-43)33-46(36-54(70)64-48(38-56(72)73)32-40-14-5-2-6-15-40)66-58(75)51-20-10-29-68(51)59(76)50-19-9-27-62-50/h1-7,12-17,22-25,30,45-52,61-62H,8-11,18-21,26-29,31-38H2,(H,63,69)(H,64,70)(H,65,74)(H,66,75)(H,72,73)(H,77,78)/t45-,46-,47-,48-,49-,50-,51-,52-/m0/s1. The van der Waals surface area contributed by atoms with Crippen LogP contribution in [0.1, 0.15) is 99.3 Å². The molecule has 414 valence electrons. The van der Waals surface area contributed by atoms with Gasteiger partial charge >= 0.3 is 11.9 Å². The lowest BCUT2D eigenvalue weighted by Gasteiger charge is -2.29. The Bertz CT molecular complexity index is 2710. The largest absolute Gasteiger partial charge is 0.481 e. The summed E-state index contributed by atoms with van der Waals surface area (Å²) in [7, 11) is 0. The number of carbonyl (C=O) groups excluding carboxylic acids is 6. The van der Waals surface area contributed by atoms with E-state index in [4.69, 9.17) is 0 Å². The SMILES string of the molecule is O=C(O)C[C@H](Cc1ccccc1)NC(=O)C[C@H](Cc1ccc(-c2cccc(C[C@@H](CC(=O)N3CCC[C@H]3C(=O)O)NC(=O)C[C@H](Cc3ccccc3)NC(=O)[C@@H]3CCCN3)c2)cc1)NC(=O)[C@@H]1CCCN1C(=O)[C@@H]1CCCN1. The van der Waals surface area contributed by atoms with Gasteiger partial charge in [0, 0.05) is 56.5 Å². The Morgan fingerprint density at radius 2 is 0.974 bits per heavy atom. The fraction of sp³-hybridized carbons (Fsp3) is 0.467. The fourth-order valence-corrected chi connectivity index (χ4v) is 11.6. The molecule has 8 rings (SSSR count). The van der Waals surface area contributed by atoms with Crippen LogP contribution in [0.4, 0.5) is 0 Å². The number of rotatable bonds is 25. The highest BCUT2D eigenvalue weighted by atomic mass is 16.4. The summed E-state index contributed by atoms with van der Waals surface area (Å²) in [6.07, 6.45) is 5.89. The summed E-state index contributed by atoms with van der Waals surface area (Å²) < 4.78 is 0. The average Bonchev–Trinajstić information content (AvgIpc) is 4.29. The zero-order valence-electron chi connectivity index (χ0n) is 44.2. The Balaban J connectivity index is 0.975. The van der Waals surface area contributed by atoms with E-state index in [2.05, 4.69) is 31.9 Å². The minimum Gasteiger partial charge on any atom is -0.481 e. The highest BCUT2D eigenvalue weighted by Gasteiger charge is 2.39. The van der Waals surface area contributed by atoms with E-state index in [1.54, 1.807) is 4.90 Å². The van der Waals surface area contributed by atoms with Crippen molar-refractivity contribution in [3.05, 3.63) is 131 Å². The predicted molar refractivity (Wildman–Crippen MR) is 293 cm³/mol. The zero-order chi connectivity index (χ0) is 55.0. The van der Waals surface area contributed by atoms with E-state index < -0.39 is 54.1 Å². The van der Waals surface area contributed by atoms with Crippen LogP contribution in [0.3, 0.4) is 0 Å². The summed E-state index contributed by atoms with van der Waals surface area (Å²) in [6.45, 7) is 2.26. The second-order valence-corrected chi connectivity index (χ2v) is 21.4. The first-order valence-corrected chi connectivity index (χ1v) is 27.7. The Morgan fingerprint density at radius 1 is 0.474 bits per heavy atom. The molecule has 4 aliphatic heterocycles. The Labute approximate surface area is 455 Å². The lowest BCUT2D eigenvalue weighted by molar-refractivity contribution is -0.148. The number of nitrogens with one attached hydrogen (secondary N) is 6. The van der Waals surface area contributed by atoms with Crippen molar-refractivity contribution < 1.29 is 48.6 Å². The first kappa shape index (κ1) is 56.8. The molecule has 0 saturated carbocycles. The molecule has 18 heteroatoms. The predicted octanol–water partition coefficient (Wildman–Crippen LogP) is 4.08. The van der Waals surface area contributed by atoms with E-state index in [0.717, 1.165) is 59.3 Å². The van der Waals surface area contributed by atoms with Gasteiger partial charge in [0.1, 0.15) is 12.1 Å². The summed E-state index contributed by atoms with van der Waals surface area (Å²) in [4.78, 5) is 110. The van der Waals surface area contributed by atoms with Crippen LogP contribution in [0.25, 0.3) is 11.1 Å². The fourth-order valence-electron chi connectivity index (χ4n) is 11.6. The van der Waals surface area contributed by atoms with Crippen molar-refractivity contribution in [2.24, 2.45) is 0 Å². The van der Waals surface area contributed by atoms with Crippen molar-refractivity contribution in [2.75, 3.05) is 26.2 Å². The third-order valence-electron chi connectivity index (χ3n) is 15.4. The molecule has 4 aromatic carbocycles. The topological polar surface area (TPSA) is 256 Å². The highest BCUT2D eigenvalue weighted by Crippen LogP contribution is 2.26. The van der Waals surface area contributed by atoms with E-state index in [-0.39, 0.29) is 80.1 Å². The van der Waals surface area contributed by atoms with Gasteiger partial charge in [-0.05, 0) is 124 Å². The molecule has 0 radical (unpaired) electrons. The average molecular weight is 1070 g/mol. The third kappa shape index (κ3) is 16.3. The van der Waals surface area contributed by atoms with Gasteiger partial charge in [-0.15, -0.1) is 0 Å². The van der Waals surface area contributed by atoms with Gasteiger partial charge in [0.2, 0.25) is 35.4 Å². The van der Waals surface area contributed by atoms with Crippen molar-refractivity contribution in [2.45, 2.75) is 151 Å². The molecule has 0 aromatic heterocycles. The maximum Gasteiger partial charge on any atom is 0.326 e. The molecule has 4 saturated heterocycles. The Morgan fingerprint density at radius 3 is 1.54 bits per heavy atom. The van der Waals surface area contributed by atoms with E-state index in [1.165, 1.54) is 4.90 Å². The van der Waals surface area contributed by atoms with Gasteiger partial charge in [-0.3, -0.25) is 33.6 Å². The van der Waals surface area contributed by atoms with Crippen LogP contribution in [-0.4, -0.2) is 142 Å². The number of carboxylic acid groups (broad SMARTS) is 2. The van der Waals surface area contributed by atoms with Gasteiger partial charge < -0.3 is 51.9 Å². The number of amides is 6. The molecular weight excluding hydrogens is 993 g/mol. The van der Waals surface area contributed by atoms with Gasteiger partial charge in [0.05, 0.1) is 18.5 Å². The van der Waals surface area contributed by atoms with Gasteiger partial charge in [-0.25, -0.2) is 4.79 Å². The first-order chi connectivity index (χ1) is 37.7. The van der Waals surface area contributed by atoms with E-state index in [0.29, 0.717) is 64.5 Å². The molecule has 4 aliphatic rings. The Hall–Kier alpha value is -7.44. The summed E-state index contributed by atoms with van der Waals surface area (Å²) in [5, 5.41) is 38.3. The number of carboxylic acids is 2. The molecule has 18 nitrogen and oxygen atoms in total. The Kier molecular flexibility index (Phi) is 20.2. The molecular formula is C60H74N8O10. The normalized spacial score (nSPS) is 20.5. The van der Waals surface area contributed by atoms with Crippen LogP contribution >= 0.6 is 0 Å². The molecule has 4 aromatic rings. The monoisotopic (exact) mass is 1070 g/mol. The van der Waals surface area contributed by atoms with Gasteiger partial charge in [0.15, 0.2) is 0 Å². The number of carbonyl (C=O) groups is 8. The molecule has 4 heterocycles. The molecule has 8 atom stereocenters. The van der Waals surface area contributed by atoms with Crippen molar-refractivity contribution >= 4 is 47.4 Å². The minimum absolute atomic E-state index is 0.0442. The van der Waals surface area contributed by atoms with Gasteiger partial charge in [-0.1, -0.05) is 109 Å². The van der Waals surface area contributed by atoms with Crippen molar-refractivity contribution in [3.8, 4) is 11.1 Å². The lowest BCUT2D eigenvalue weighted by Crippen LogP contribution is -2.53. The van der Waals surface area contributed by atoms with Crippen molar-refractivity contribution in [3.63, 3.8) is 0 Å². The smallest absolute Gasteiger partial charge is 0.326 e. The number of aliphatic carboxylic acids is 2. The summed E-state index contributed by atoms with van der Waals surface area (Å²) >= 11 is 0. The van der Waals surface area contributed by atoms with E-state index in [1.807, 2.05) is 109 Å². The van der Waals surface area contributed by atoms with Crippen LogP contribution in [-0.2, 0) is 64.0 Å². The number of hydrogen-bond donors (Lipinski definition) is 8. The zero-order valence-corrected chi connectivity index (χ0v) is 44.2. The number of likely N-dealkylation sites (tertiary alicyclic amines) is 2. The summed E-state index contributed by atoms with van der Waals surface area (Å²) in [5.74, 6) is -3.86. The highest BCUT2D eigenvalue weighted by molar-refractivity contribution is 5.91. The second-order valence-electron chi connectivity index (χ2n) is 21.4. The van der Waals surface area contributed by atoms with E-state index >= 15 is 0 Å². The summed E-state index contributed by atoms with van der Waals surface area (Å²) in [6, 6.07) is 29.4. The van der Waals surface area contributed by atoms with Gasteiger partial charge in [0.25, 0.3) is 0 Å². The third-order valence-corrected chi connectivity index (χ3v) is 15.4.